The highest BCUT2D eigenvalue weighted by atomic mass is 32.2. The number of aliphatic carboxylic acids is 1. The summed E-state index contributed by atoms with van der Waals surface area (Å²) >= 11 is 1.57. The van der Waals surface area contributed by atoms with E-state index in [0.717, 1.165) is 18.6 Å². The van der Waals surface area contributed by atoms with Crippen molar-refractivity contribution in [3.8, 4) is 0 Å². The van der Waals surface area contributed by atoms with Gasteiger partial charge in [0.25, 0.3) is 0 Å². The molecule has 0 saturated heterocycles. The highest BCUT2D eigenvalue weighted by Gasteiger charge is 2.32. The van der Waals surface area contributed by atoms with Gasteiger partial charge >= 0.3 is 5.97 Å². The predicted octanol–water partition coefficient (Wildman–Crippen LogP) is 3.02. The summed E-state index contributed by atoms with van der Waals surface area (Å²) in [7, 11) is 0. The number of thioether (sulfide) groups is 1. The molecule has 2 nitrogen and oxygen atoms in total. The normalized spacial score (nSPS) is 15.8. The first-order chi connectivity index (χ1) is 5.92. The molecule has 0 aromatic rings. The van der Waals surface area contributed by atoms with Gasteiger partial charge in [-0.3, -0.25) is 4.79 Å². The first-order valence-electron chi connectivity index (χ1n) is 4.79. The molecule has 78 valence electrons. The van der Waals surface area contributed by atoms with E-state index in [0.29, 0.717) is 5.92 Å². The lowest BCUT2D eigenvalue weighted by Crippen LogP contribution is -2.32. The third kappa shape index (κ3) is 4.55. The molecule has 0 aliphatic rings. The standard InChI is InChI=1S/C10H20O2S/c1-5-6-10(4,9(11)12)13-7-8(2)3/h8H,5-7H2,1-4H3,(H,11,12). The van der Waals surface area contributed by atoms with Crippen molar-refractivity contribution in [1.82, 2.24) is 0 Å². The van der Waals surface area contributed by atoms with Crippen LogP contribution in [-0.2, 0) is 4.79 Å². The molecule has 3 heteroatoms. The predicted molar refractivity (Wildman–Crippen MR) is 58.2 cm³/mol. The lowest BCUT2D eigenvalue weighted by molar-refractivity contribution is -0.139. The summed E-state index contributed by atoms with van der Waals surface area (Å²) < 4.78 is -0.584. The third-order valence-electron chi connectivity index (χ3n) is 1.91. The Kier molecular flexibility index (Phi) is 5.45. The van der Waals surface area contributed by atoms with E-state index >= 15 is 0 Å². The number of hydrogen-bond acceptors (Lipinski definition) is 2. The van der Waals surface area contributed by atoms with Crippen LogP contribution < -0.4 is 0 Å². The zero-order valence-corrected chi connectivity index (χ0v) is 9.78. The van der Waals surface area contributed by atoms with Crippen LogP contribution in [0.1, 0.15) is 40.5 Å². The highest BCUT2D eigenvalue weighted by Crippen LogP contribution is 2.31. The summed E-state index contributed by atoms with van der Waals surface area (Å²) in [4.78, 5) is 11.0. The van der Waals surface area contributed by atoms with Gasteiger partial charge in [0.1, 0.15) is 4.75 Å². The van der Waals surface area contributed by atoms with E-state index in [4.69, 9.17) is 5.11 Å². The van der Waals surface area contributed by atoms with Crippen molar-refractivity contribution in [2.75, 3.05) is 5.75 Å². The summed E-state index contributed by atoms with van der Waals surface area (Å²) in [5.41, 5.74) is 0. The van der Waals surface area contributed by atoms with E-state index in [1.807, 2.05) is 13.8 Å². The second kappa shape index (κ2) is 5.53. The van der Waals surface area contributed by atoms with E-state index in [9.17, 15) is 4.79 Å². The Morgan fingerprint density at radius 3 is 2.38 bits per heavy atom. The van der Waals surface area contributed by atoms with Crippen LogP contribution in [0, 0.1) is 5.92 Å². The molecule has 0 aromatic heterocycles. The molecule has 13 heavy (non-hydrogen) atoms. The summed E-state index contributed by atoms with van der Waals surface area (Å²) in [5, 5.41) is 9.06. The first-order valence-corrected chi connectivity index (χ1v) is 5.78. The second-order valence-corrected chi connectivity index (χ2v) is 5.51. The van der Waals surface area contributed by atoms with Crippen molar-refractivity contribution in [2.24, 2.45) is 5.92 Å². The minimum atomic E-state index is -0.681. The number of carboxylic acid groups (broad SMARTS) is 1. The molecule has 0 aliphatic heterocycles. The van der Waals surface area contributed by atoms with E-state index in [2.05, 4.69) is 13.8 Å². The molecule has 0 aromatic carbocycles. The molecule has 0 fully saturated rings. The summed E-state index contributed by atoms with van der Waals surface area (Å²) in [6, 6.07) is 0. The summed E-state index contributed by atoms with van der Waals surface area (Å²) in [6.45, 7) is 8.07. The van der Waals surface area contributed by atoms with E-state index in [1.165, 1.54) is 0 Å². The largest absolute Gasteiger partial charge is 0.480 e. The lowest BCUT2D eigenvalue weighted by atomic mass is 10.1. The number of hydrogen-bond donors (Lipinski definition) is 1. The number of carboxylic acids is 1. The molecule has 0 heterocycles. The Balaban J connectivity index is 4.16. The maximum atomic E-state index is 11.0. The Morgan fingerprint density at radius 2 is 2.08 bits per heavy atom. The molecule has 0 bridgehead atoms. The average Bonchev–Trinajstić information content (AvgIpc) is 2.01. The minimum Gasteiger partial charge on any atom is -0.480 e. The van der Waals surface area contributed by atoms with Crippen molar-refractivity contribution < 1.29 is 9.90 Å². The fraction of sp³-hybridized carbons (Fsp3) is 0.900. The van der Waals surface area contributed by atoms with Crippen LogP contribution in [0.3, 0.4) is 0 Å². The van der Waals surface area contributed by atoms with Crippen molar-refractivity contribution in [3.05, 3.63) is 0 Å². The smallest absolute Gasteiger partial charge is 0.319 e. The summed E-state index contributed by atoms with van der Waals surface area (Å²) in [6.07, 6.45) is 1.67. The number of rotatable bonds is 6. The Labute approximate surface area is 85.1 Å². The molecule has 0 aliphatic carbocycles. The summed E-state index contributed by atoms with van der Waals surface area (Å²) in [5.74, 6) is 0.795. The molecular weight excluding hydrogens is 184 g/mol. The molecule has 0 rings (SSSR count). The third-order valence-corrected chi connectivity index (χ3v) is 3.76. The molecule has 0 amide bonds. The molecule has 1 atom stereocenters. The second-order valence-electron chi connectivity index (χ2n) is 3.99. The van der Waals surface area contributed by atoms with Gasteiger partial charge in [-0.25, -0.2) is 0 Å². The lowest BCUT2D eigenvalue weighted by Gasteiger charge is -2.24. The zero-order chi connectivity index (χ0) is 10.5. The minimum absolute atomic E-state index is 0.556. The van der Waals surface area contributed by atoms with E-state index in [-0.39, 0.29) is 0 Å². The fourth-order valence-electron chi connectivity index (χ4n) is 1.07. The Bertz CT molecular complexity index is 168. The maximum Gasteiger partial charge on any atom is 0.319 e. The van der Waals surface area contributed by atoms with Gasteiger partial charge < -0.3 is 5.11 Å². The Morgan fingerprint density at radius 1 is 1.54 bits per heavy atom. The van der Waals surface area contributed by atoms with Crippen LogP contribution in [0.4, 0.5) is 0 Å². The molecule has 1 N–H and O–H groups in total. The van der Waals surface area contributed by atoms with Gasteiger partial charge in [-0.05, 0) is 25.0 Å². The van der Waals surface area contributed by atoms with Crippen molar-refractivity contribution in [3.63, 3.8) is 0 Å². The van der Waals surface area contributed by atoms with E-state index in [1.54, 1.807) is 11.8 Å². The van der Waals surface area contributed by atoms with Gasteiger partial charge in [0, 0.05) is 0 Å². The molecule has 0 saturated carbocycles. The van der Waals surface area contributed by atoms with Crippen LogP contribution in [0.2, 0.25) is 0 Å². The quantitative estimate of drug-likeness (QED) is 0.722. The van der Waals surface area contributed by atoms with Gasteiger partial charge in [0.2, 0.25) is 0 Å². The van der Waals surface area contributed by atoms with Gasteiger partial charge in [0.15, 0.2) is 0 Å². The van der Waals surface area contributed by atoms with E-state index < -0.39 is 10.7 Å². The Hall–Kier alpha value is -0.180. The van der Waals surface area contributed by atoms with Crippen molar-refractivity contribution >= 4 is 17.7 Å². The topological polar surface area (TPSA) is 37.3 Å². The first kappa shape index (κ1) is 12.8. The maximum absolute atomic E-state index is 11.0. The molecular formula is C10H20O2S. The van der Waals surface area contributed by atoms with Crippen molar-refractivity contribution in [2.45, 2.75) is 45.3 Å². The van der Waals surface area contributed by atoms with Gasteiger partial charge in [-0.15, -0.1) is 11.8 Å². The average molecular weight is 204 g/mol. The van der Waals surface area contributed by atoms with Crippen LogP contribution in [-0.4, -0.2) is 21.6 Å². The van der Waals surface area contributed by atoms with Gasteiger partial charge in [-0.2, -0.15) is 0 Å². The fourth-order valence-corrected chi connectivity index (χ4v) is 2.24. The SMILES string of the molecule is CCCC(C)(SCC(C)C)C(=O)O. The molecule has 0 spiro atoms. The van der Waals surface area contributed by atoms with Gasteiger partial charge in [-0.1, -0.05) is 27.2 Å². The van der Waals surface area contributed by atoms with Gasteiger partial charge in [0.05, 0.1) is 0 Å². The molecule has 0 radical (unpaired) electrons. The van der Waals surface area contributed by atoms with Crippen LogP contribution in [0.15, 0.2) is 0 Å². The van der Waals surface area contributed by atoms with Crippen LogP contribution >= 0.6 is 11.8 Å². The highest BCUT2D eigenvalue weighted by molar-refractivity contribution is 8.01. The zero-order valence-electron chi connectivity index (χ0n) is 8.96. The monoisotopic (exact) mass is 204 g/mol. The number of carbonyl (C=O) groups is 1. The van der Waals surface area contributed by atoms with Crippen molar-refractivity contribution in [1.29, 1.82) is 0 Å². The molecule has 1 unspecified atom stereocenters. The van der Waals surface area contributed by atoms with Crippen LogP contribution in [0.25, 0.3) is 0 Å². The van der Waals surface area contributed by atoms with Crippen LogP contribution in [0.5, 0.6) is 0 Å².